The number of ether oxygens (including phenoxy) is 1. The predicted molar refractivity (Wildman–Crippen MR) is 95.8 cm³/mol. The molecule has 0 unspecified atom stereocenters. The molecule has 0 spiro atoms. The van der Waals surface area contributed by atoms with Gasteiger partial charge in [0.25, 0.3) is 11.2 Å². The number of thiazole rings is 1. The van der Waals surface area contributed by atoms with E-state index < -0.39 is 27.3 Å². The Morgan fingerprint density at radius 2 is 2.00 bits per heavy atom. The third kappa shape index (κ3) is 4.17. The molecule has 1 aromatic heterocycles. The van der Waals surface area contributed by atoms with E-state index in [9.17, 15) is 24.8 Å². The number of hydrogen-bond acceptors (Lipinski definition) is 7. The number of ketones is 1. The second kappa shape index (κ2) is 7.12. The summed E-state index contributed by atoms with van der Waals surface area (Å²) in [7, 11) is 1.23. The number of carbonyl (C=O) groups is 1. The minimum Gasteiger partial charge on any atom is -0.865 e. The van der Waals surface area contributed by atoms with Crippen molar-refractivity contribution in [1.82, 2.24) is 4.98 Å². The first-order chi connectivity index (χ1) is 12.0. The number of nitrogens with one attached hydrogen (secondary N) is 1. The van der Waals surface area contributed by atoms with Gasteiger partial charge in [-0.2, -0.15) is 0 Å². The van der Waals surface area contributed by atoms with Gasteiger partial charge in [0.1, 0.15) is 5.75 Å². The summed E-state index contributed by atoms with van der Waals surface area (Å²) < 4.78 is 5.49. The molecule has 0 atom stereocenters. The molecule has 2 rings (SSSR count). The van der Waals surface area contributed by atoms with E-state index in [0.29, 0.717) is 4.66 Å². The molecule has 8 nitrogen and oxygen atoms in total. The first kappa shape index (κ1) is 19.4. The average Bonchev–Trinajstić information content (AvgIpc) is 2.87. The number of H-pyrrole nitrogens is 1. The normalized spacial score (nSPS) is 13.1. The molecule has 9 heteroatoms. The molecule has 0 aliphatic rings. The molecule has 0 bridgehead atoms. The lowest BCUT2D eigenvalue weighted by molar-refractivity contribution is -0.398. The molecule has 1 N–H and O–H groups in total. The van der Waals surface area contributed by atoms with E-state index >= 15 is 0 Å². The molecule has 0 aliphatic carbocycles. The predicted octanol–water partition coefficient (Wildman–Crippen LogP) is 0.651. The Hall–Kier alpha value is -2.94. The Morgan fingerprint density at radius 3 is 2.54 bits per heavy atom. The maximum atomic E-state index is 12.1. The SMILES string of the molecule is COc1cc(/C=c2\s/c(=C\C(=O)C(C)(C)C)[nH]c2=O)cc([N+](=O)[O-])c1[O-]. The van der Waals surface area contributed by atoms with Crippen LogP contribution in [0.1, 0.15) is 26.3 Å². The number of aromatic nitrogens is 1. The molecule has 0 amide bonds. The molecule has 0 fully saturated rings. The zero-order valence-corrected chi connectivity index (χ0v) is 15.4. The van der Waals surface area contributed by atoms with E-state index in [4.69, 9.17) is 4.74 Å². The van der Waals surface area contributed by atoms with Crippen LogP contribution in [0.4, 0.5) is 5.69 Å². The van der Waals surface area contributed by atoms with E-state index in [0.717, 1.165) is 17.4 Å². The van der Waals surface area contributed by atoms with Gasteiger partial charge < -0.3 is 14.8 Å². The summed E-state index contributed by atoms with van der Waals surface area (Å²) in [6, 6.07) is 2.39. The third-order valence-electron chi connectivity index (χ3n) is 3.45. The fourth-order valence-electron chi connectivity index (χ4n) is 1.99. The minimum absolute atomic E-state index is 0.144. The highest BCUT2D eigenvalue weighted by Crippen LogP contribution is 2.34. The number of aromatic amines is 1. The van der Waals surface area contributed by atoms with E-state index in [-0.39, 0.29) is 21.6 Å². The molecular weight excluding hydrogens is 360 g/mol. The van der Waals surface area contributed by atoms with Crippen molar-refractivity contribution in [3.63, 3.8) is 0 Å². The van der Waals surface area contributed by atoms with E-state index in [2.05, 4.69) is 4.98 Å². The summed E-state index contributed by atoms with van der Waals surface area (Å²) >= 11 is 1.04. The first-order valence-electron chi connectivity index (χ1n) is 7.53. The number of nitro groups is 1. The van der Waals surface area contributed by atoms with Crippen LogP contribution in [0, 0.1) is 15.5 Å². The van der Waals surface area contributed by atoms with Crippen LogP contribution in [0.15, 0.2) is 16.9 Å². The van der Waals surface area contributed by atoms with E-state index in [1.165, 1.54) is 25.3 Å². The fraction of sp³-hybridized carbons (Fsp3) is 0.294. The Bertz CT molecular complexity index is 1040. The van der Waals surface area contributed by atoms with Crippen molar-refractivity contribution in [3.8, 4) is 11.5 Å². The van der Waals surface area contributed by atoms with Crippen molar-refractivity contribution in [1.29, 1.82) is 0 Å². The van der Waals surface area contributed by atoms with Crippen molar-refractivity contribution in [2.24, 2.45) is 5.41 Å². The van der Waals surface area contributed by atoms with Gasteiger partial charge in [-0.25, -0.2) is 0 Å². The van der Waals surface area contributed by atoms with E-state index in [1.807, 2.05) is 0 Å². The summed E-state index contributed by atoms with van der Waals surface area (Å²) in [5, 5.41) is 22.9. The Labute approximate surface area is 152 Å². The van der Waals surface area contributed by atoms with Crippen LogP contribution in [0.2, 0.25) is 0 Å². The maximum Gasteiger partial charge on any atom is 0.266 e. The Morgan fingerprint density at radius 1 is 1.35 bits per heavy atom. The van der Waals surface area contributed by atoms with Crippen molar-refractivity contribution < 1.29 is 19.6 Å². The number of benzene rings is 1. The van der Waals surface area contributed by atoms with Gasteiger partial charge in [0.15, 0.2) is 5.78 Å². The van der Waals surface area contributed by atoms with Crippen molar-refractivity contribution in [2.45, 2.75) is 20.8 Å². The number of carbonyl (C=O) groups excluding carboxylic acids is 1. The lowest BCUT2D eigenvalue weighted by Gasteiger charge is -2.13. The fourth-order valence-corrected chi connectivity index (χ4v) is 2.88. The monoisotopic (exact) mass is 377 g/mol. The molecule has 1 heterocycles. The second-order valence-corrected chi connectivity index (χ2v) is 7.60. The number of rotatable bonds is 4. The molecular formula is C17H17N2O6S-. The molecule has 0 saturated heterocycles. The van der Waals surface area contributed by atoms with Gasteiger partial charge in [-0.15, -0.1) is 11.3 Å². The van der Waals surface area contributed by atoms with Crippen LogP contribution in [-0.4, -0.2) is 22.8 Å². The number of Topliss-reactive ketones (excluding diaryl/α,β-unsaturated/α-hetero) is 1. The molecule has 1 aromatic carbocycles. The number of nitro benzene ring substituents is 1. The maximum absolute atomic E-state index is 12.1. The van der Waals surface area contributed by atoms with Crippen LogP contribution < -0.4 is 24.6 Å². The van der Waals surface area contributed by atoms with Crippen LogP contribution in [-0.2, 0) is 4.79 Å². The van der Waals surface area contributed by atoms with Crippen LogP contribution in [0.3, 0.4) is 0 Å². The van der Waals surface area contributed by atoms with Gasteiger partial charge in [0.2, 0.25) is 0 Å². The number of nitrogens with zero attached hydrogens (tertiary/aromatic N) is 1. The van der Waals surface area contributed by atoms with E-state index in [1.54, 1.807) is 20.8 Å². The van der Waals surface area contributed by atoms with Crippen LogP contribution >= 0.6 is 11.3 Å². The highest BCUT2D eigenvalue weighted by Gasteiger charge is 2.18. The van der Waals surface area contributed by atoms with Crippen molar-refractivity contribution in [3.05, 3.63) is 47.4 Å². The molecule has 0 aliphatic heterocycles. The van der Waals surface area contributed by atoms with Crippen molar-refractivity contribution >= 4 is 35.0 Å². The quantitative estimate of drug-likeness (QED) is 0.616. The summed E-state index contributed by atoms with van der Waals surface area (Å²) in [5.74, 6) is -1.16. The molecule has 0 radical (unpaired) electrons. The molecule has 26 heavy (non-hydrogen) atoms. The van der Waals surface area contributed by atoms with Gasteiger partial charge in [0.05, 0.1) is 21.2 Å². The summed E-state index contributed by atoms with van der Waals surface area (Å²) in [5.41, 5.74) is -1.38. The average molecular weight is 377 g/mol. The highest BCUT2D eigenvalue weighted by atomic mass is 32.1. The Balaban J connectivity index is 2.60. The van der Waals surface area contributed by atoms with Crippen molar-refractivity contribution in [2.75, 3.05) is 7.11 Å². The molecule has 2 aromatic rings. The lowest BCUT2D eigenvalue weighted by atomic mass is 9.91. The highest BCUT2D eigenvalue weighted by molar-refractivity contribution is 7.07. The van der Waals surface area contributed by atoms with Gasteiger partial charge in [-0.1, -0.05) is 20.8 Å². The van der Waals surface area contributed by atoms with Gasteiger partial charge in [0, 0.05) is 23.3 Å². The van der Waals surface area contributed by atoms with Gasteiger partial charge >= 0.3 is 0 Å². The smallest absolute Gasteiger partial charge is 0.266 e. The van der Waals surface area contributed by atoms with Crippen LogP contribution in [0.5, 0.6) is 11.5 Å². The summed E-state index contributed by atoms with van der Waals surface area (Å²) in [6.07, 6.45) is 2.75. The van der Waals surface area contributed by atoms with Gasteiger partial charge in [-0.05, 0) is 17.7 Å². The summed E-state index contributed by atoms with van der Waals surface area (Å²) in [4.78, 5) is 36.9. The van der Waals surface area contributed by atoms with Gasteiger partial charge in [-0.3, -0.25) is 19.7 Å². The topological polar surface area (TPSA) is 125 Å². The number of hydrogen-bond donors (Lipinski definition) is 1. The largest absolute Gasteiger partial charge is 0.865 e. The summed E-state index contributed by atoms with van der Waals surface area (Å²) in [6.45, 7) is 5.29. The van der Waals surface area contributed by atoms with Crippen LogP contribution in [0.25, 0.3) is 12.2 Å². The second-order valence-electron chi connectivity index (χ2n) is 6.52. The first-order valence-corrected chi connectivity index (χ1v) is 8.35. The third-order valence-corrected chi connectivity index (χ3v) is 4.42. The molecule has 0 saturated carbocycles. The lowest BCUT2D eigenvalue weighted by Crippen LogP contribution is -2.22. The number of methoxy groups -OCH3 is 1. The standard InChI is InChI=1S/C17H18N2O6S/c1-17(2,3)13(20)8-14-18-16(22)12(26-14)7-9-5-10(19(23)24)15(21)11(6-9)25-4/h5-8,21H,1-4H3,(H,18,22)/p-1/b12-7-,14-8-. The molecule has 138 valence electrons. The zero-order valence-electron chi connectivity index (χ0n) is 14.6. The Kier molecular flexibility index (Phi) is 5.31. The minimum atomic E-state index is -0.834. The zero-order chi connectivity index (χ0) is 19.6.